The van der Waals surface area contributed by atoms with Gasteiger partial charge in [0, 0.05) is 12.0 Å². The maximum atomic E-state index is 4.58. The molecular formula is C14H17N3. The topological polar surface area (TPSA) is 41.6 Å². The van der Waals surface area contributed by atoms with Crippen LogP contribution < -0.4 is 0 Å². The monoisotopic (exact) mass is 227 g/mol. The number of aromatic amines is 1. The van der Waals surface area contributed by atoms with E-state index >= 15 is 0 Å². The van der Waals surface area contributed by atoms with Gasteiger partial charge in [-0.05, 0) is 5.92 Å². The number of hydrogen-bond acceptors (Lipinski definition) is 2. The first-order valence-electron chi connectivity index (χ1n) is 6.38. The van der Waals surface area contributed by atoms with Crippen LogP contribution in [0.3, 0.4) is 0 Å². The van der Waals surface area contributed by atoms with Gasteiger partial charge >= 0.3 is 0 Å². The first-order chi connectivity index (χ1) is 8.42. The van der Waals surface area contributed by atoms with Crippen molar-refractivity contribution in [3.05, 3.63) is 36.2 Å². The second kappa shape index (κ2) is 4.70. The van der Waals surface area contributed by atoms with Crippen LogP contribution in [0.1, 0.15) is 31.5 Å². The Morgan fingerprint density at radius 2 is 1.88 bits per heavy atom. The third kappa shape index (κ3) is 2.38. The first-order valence-corrected chi connectivity index (χ1v) is 6.38. The summed E-state index contributed by atoms with van der Waals surface area (Å²) in [6, 6.07) is 10.1. The summed E-state index contributed by atoms with van der Waals surface area (Å²) in [6.45, 7) is 0. The van der Waals surface area contributed by atoms with Gasteiger partial charge in [-0.1, -0.05) is 56.0 Å². The molecule has 1 heterocycles. The second-order valence-corrected chi connectivity index (χ2v) is 4.83. The van der Waals surface area contributed by atoms with Crippen LogP contribution in [-0.2, 0) is 6.42 Å². The highest BCUT2D eigenvalue weighted by Gasteiger charge is 2.17. The van der Waals surface area contributed by atoms with Crippen molar-refractivity contribution in [2.75, 3.05) is 0 Å². The standard InChI is InChI=1S/C14H17N3/c1-2-8-12(9-3-1)14-15-13(16-17-14)10-11-6-4-5-7-11/h1-3,8-9,11H,4-7,10H2,(H,15,16,17). The molecule has 88 valence electrons. The lowest BCUT2D eigenvalue weighted by Crippen LogP contribution is -2.00. The van der Waals surface area contributed by atoms with Gasteiger partial charge in [0.15, 0.2) is 5.82 Å². The van der Waals surface area contributed by atoms with E-state index in [0.29, 0.717) is 0 Å². The summed E-state index contributed by atoms with van der Waals surface area (Å²) in [6.07, 6.45) is 6.51. The summed E-state index contributed by atoms with van der Waals surface area (Å²) in [5.41, 5.74) is 1.08. The molecule has 0 bridgehead atoms. The molecule has 1 aromatic heterocycles. The Labute approximate surface area is 101 Å². The zero-order chi connectivity index (χ0) is 11.5. The van der Waals surface area contributed by atoms with E-state index in [4.69, 9.17) is 0 Å². The van der Waals surface area contributed by atoms with Gasteiger partial charge < -0.3 is 0 Å². The van der Waals surface area contributed by atoms with E-state index in [0.717, 1.165) is 29.6 Å². The minimum Gasteiger partial charge on any atom is -0.263 e. The van der Waals surface area contributed by atoms with Crippen LogP contribution in [0.2, 0.25) is 0 Å². The molecule has 17 heavy (non-hydrogen) atoms. The Kier molecular flexibility index (Phi) is 2.90. The van der Waals surface area contributed by atoms with E-state index in [1.807, 2.05) is 30.3 Å². The largest absolute Gasteiger partial charge is 0.263 e. The van der Waals surface area contributed by atoms with Crippen molar-refractivity contribution in [3.63, 3.8) is 0 Å². The molecule has 3 nitrogen and oxygen atoms in total. The molecule has 0 unspecified atom stereocenters. The number of aromatic nitrogens is 3. The predicted molar refractivity (Wildman–Crippen MR) is 67.5 cm³/mol. The summed E-state index contributed by atoms with van der Waals surface area (Å²) in [5, 5.41) is 7.36. The summed E-state index contributed by atoms with van der Waals surface area (Å²) < 4.78 is 0. The molecule has 0 aliphatic heterocycles. The maximum Gasteiger partial charge on any atom is 0.181 e. The minimum absolute atomic E-state index is 0.812. The number of nitrogens with one attached hydrogen (secondary N) is 1. The van der Waals surface area contributed by atoms with Crippen LogP contribution >= 0.6 is 0 Å². The predicted octanol–water partition coefficient (Wildman–Crippen LogP) is 3.20. The fourth-order valence-electron chi connectivity index (χ4n) is 2.59. The first kappa shape index (κ1) is 10.5. The molecule has 3 rings (SSSR count). The third-order valence-electron chi connectivity index (χ3n) is 3.52. The van der Waals surface area contributed by atoms with Gasteiger partial charge in [0.1, 0.15) is 5.82 Å². The van der Waals surface area contributed by atoms with Crippen LogP contribution in [-0.4, -0.2) is 15.2 Å². The number of nitrogens with zero attached hydrogens (tertiary/aromatic N) is 2. The molecule has 2 aromatic rings. The lowest BCUT2D eigenvalue weighted by molar-refractivity contribution is 0.531. The highest BCUT2D eigenvalue weighted by molar-refractivity contribution is 5.53. The van der Waals surface area contributed by atoms with Gasteiger partial charge in [-0.15, -0.1) is 0 Å². The summed E-state index contributed by atoms with van der Waals surface area (Å²) in [4.78, 5) is 4.58. The molecule has 1 N–H and O–H groups in total. The molecule has 1 aromatic carbocycles. The van der Waals surface area contributed by atoms with Gasteiger partial charge in [0.25, 0.3) is 0 Å². The van der Waals surface area contributed by atoms with Crippen LogP contribution in [0.15, 0.2) is 30.3 Å². The van der Waals surface area contributed by atoms with E-state index in [1.165, 1.54) is 25.7 Å². The molecule has 1 aliphatic carbocycles. The van der Waals surface area contributed by atoms with Crippen molar-refractivity contribution in [2.24, 2.45) is 5.92 Å². The van der Waals surface area contributed by atoms with E-state index in [9.17, 15) is 0 Å². The van der Waals surface area contributed by atoms with Gasteiger partial charge in [-0.2, -0.15) is 5.10 Å². The lowest BCUT2D eigenvalue weighted by Gasteiger charge is -2.04. The smallest absolute Gasteiger partial charge is 0.181 e. The van der Waals surface area contributed by atoms with E-state index in [-0.39, 0.29) is 0 Å². The normalized spacial score (nSPS) is 16.5. The van der Waals surface area contributed by atoms with Crippen molar-refractivity contribution >= 4 is 0 Å². The molecule has 1 fully saturated rings. The number of benzene rings is 1. The van der Waals surface area contributed by atoms with Crippen molar-refractivity contribution < 1.29 is 0 Å². The number of rotatable bonds is 3. The fourth-order valence-corrected chi connectivity index (χ4v) is 2.59. The minimum atomic E-state index is 0.812. The quantitative estimate of drug-likeness (QED) is 0.874. The third-order valence-corrected chi connectivity index (χ3v) is 3.52. The summed E-state index contributed by atoms with van der Waals surface area (Å²) >= 11 is 0. The summed E-state index contributed by atoms with van der Waals surface area (Å²) in [7, 11) is 0. The molecular weight excluding hydrogens is 210 g/mol. The van der Waals surface area contributed by atoms with Gasteiger partial charge in [0.05, 0.1) is 0 Å². The Hall–Kier alpha value is -1.64. The van der Waals surface area contributed by atoms with Gasteiger partial charge in [0.2, 0.25) is 0 Å². The maximum absolute atomic E-state index is 4.58. The highest BCUT2D eigenvalue weighted by atomic mass is 15.2. The average Bonchev–Trinajstić information content (AvgIpc) is 3.02. The molecule has 3 heteroatoms. The van der Waals surface area contributed by atoms with Crippen LogP contribution in [0, 0.1) is 5.92 Å². The van der Waals surface area contributed by atoms with Gasteiger partial charge in [-0.25, -0.2) is 4.98 Å². The number of hydrogen-bond donors (Lipinski definition) is 1. The molecule has 0 amide bonds. The van der Waals surface area contributed by atoms with E-state index in [2.05, 4.69) is 15.2 Å². The van der Waals surface area contributed by atoms with E-state index < -0.39 is 0 Å². The molecule has 1 aliphatic rings. The molecule has 0 radical (unpaired) electrons. The molecule has 0 atom stereocenters. The Morgan fingerprint density at radius 3 is 2.65 bits per heavy atom. The van der Waals surface area contributed by atoms with Crippen LogP contribution in [0.5, 0.6) is 0 Å². The highest BCUT2D eigenvalue weighted by Crippen LogP contribution is 2.27. The van der Waals surface area contributed by atoms with Crippen LogP contribution in [0.25, 0.3) is 11.4 Å². The zero-order valence-corrected chi connectivity index (χ0v) is 9.89. The molecule has 1 saturated carbocycles. The average molecular weight is 227 g/mol. The van der Waals surface area contributed by atoms with E-state index in [1.54, 1.807) is 0 Å². The van der Waals surface area contributed by atoms with Crippen molar-refractivity contribution in [3.8, 4) is 11.4 Å². The SMILES string of the molecule is c1ccc(-c2n[nH]c(CC3CCCC3)n2)cc1. The van der Waals surface area contributed by atoms with Crippen LogP contribution in [0.4, 0.5) is 0 Å². The molecule has 0 spiro atoms. The zero-order valence-electron chi connectivity index (χ0n) is 9.89. The Bertz CT molecular complexity index is 469. The fraction of sp³-hybridized carbons (Fsp3) is 0.429. The van der Waals surface area contributed by atoms with Crippen molar-refractivity contribution in [1.29, 1.82) is 0 Å². The molecule has 0 saturated heterocycles. The number of H-pyrrole nitrogens is 1. The summed E-state index contributed by atoms with van der Waals surface area (Å²) in [5.74, 6) is 2.67. The Balaban J connectivity index is 1.74. The van der Waals surface area contributed by atoms with Crippen molar-refractivity contribution in [2.45, 2.75) is 32.1 Å². The lowest BCUT2D eigenvalue weighted by atomic mass is 10.0. The second-order valence-electron chi connectivity index (χ2n) is 4.83. The van der Waals surface area contributed by atoms with Gasteiger partial charge in [-0.3, -0.25) is 5.10 Å². The van der Waals surface area contributed by atoms with Crippen molar-refractivity contribution in [1.82, 2.24) is 15.2 Å². The Morgan fingerprint density at radius 1 is 1.12 bits per heavy atom.